The van der Waals surface area contributed by atoms with E-state index in [9.17, 15) is 53.3 Å². The number of nitrogens with one attached hydrogen (secondary N) is 2. The highest BCUT2D eigenvalue weighted by Gasteiger charge is 2.51. The van der Waals surface area contributed by atoms with Crippen LogP contribution in [0.15, 0.2) is 22.2 Å². The maximum absolute atomic E-state index is 12.6. The molecule has 3 unspecified atom stereocenters. The highest BCUT2D eigenvalue weighted by Crippen LogP contribution is 2.67. The number of nitrogens with zero attached hydrogens (tertiary/aromatic N) is 6. The average Bonchev–Trinajstić information content (AvgIpc) is 3.74. The first-order valence-electron chi connectivity index (χ1n) is 15.2. The summed E-state index contributed by atoms with van der Waals surface area (Å²) in [7, 11) is -13.1. The van der Waals surface area contributed by atoms with Crippen LogP contribution in [-0.4, -0.2) is 116 Å². The molecule has 2 aliphatic heterocycles. The molecule has 0 aromatic carbocycles. The SMILES string of the molecule is CO[C@@H]1[C@H](O)[C@@H](COP(=O)(O)OP(=O)(O)OP(=O)(O)OC[C@H]2O[C@@H]([n+]3cn(C)c4c(=O)[nH]c(N)nc43)[C@H](O)[C@@H]2O)O[C@H]1[n+]1cn(C)c2c(=O)[nH]c(N)nc21. The number of aromatic nitrogens is 8. The number of phosphoric acid groups is 3. The van der Waals surface area contributed by atoms with Crippen LogP contribution in [0.5, 0.6) is 0 Å². The summed E-state index contributed by atoms with van der Waals surface area (Å²) in [6.45, 7) is -2.06. The first-order valence-corrected chi connectivity index (χ1v) is 19.7. The largest absolute Gasteiger partial charge is 0.490 e. The van der Waals surface area contributed by atoms with E-state index in [1.165, 1.54) is 47.6 Å². The van der Waals surface area contributed by atoms with E-state index in [0.717, 1.165) is 4.57 Å². The van der Waals surface area contributed by atoms with Gasteiger partial charge in [-0.25, -0.2) is 22.8 Å². The van der Waals surface area contributed by atoms with E-state index in [1.807, 2.05) is 0 Å². The quantitative estimate of drug-likeness (QED) is 0.0448. The van der Waals surface area contributed by atoms with Crippen molar-refractivity contribution < 1.29 is 84.7 Å². The molecule has 54 heavy (non-hydrogen) atoms. The number of imidazole rings is 2. The molecule has 4 aromatic heterocycles. The van der Waals surface area contributed by atoms with Gasteiger partial charge >= 0.3 is 34.8 Å². The summed E-state index contributed by atoms with van der Waals surface area (Å²) in [5.41, 5.74) is 10.1. The maximum Gasteiger partial charge on any atom is 0.490 e. The number of fused-ring (bicyclic) bond motifs is 2. The Morgan fingerprint density at radius 3 is 1.65 bits per heavy atom. The van der Waals surface area contributed by atoms with Gasteiger partial charge in [0.05, 0.1) is 27.3 Å². The predicted octanol–water partition coefficient (Wildman–Crippen LogP) is -4.46. The van der Waals surface area contributed by atoms with Crippen molar-refractivity contribution in [2.24, 2.45) is 14.1 Å². The van der Waals surface area contributed by atoms with Gasteiger partial charge in [0.25, 0.3) is 23.0 Å². The Bertz CT molecular complexity index is 2350. The van der Waals surface area contributed by atoms with Gasteiger partial charge in [0.15, 0.2) is 12.7 Å². The fraction of sp³-hybridized carbons (Fsp3) is 0.565. The van der Waals surface area contributed by atoms with Gasteiger partial charge in [-0.15, -0.1) is 0 Å². The lowest BCUT2D eigenvalue weighted by molar-refractivity contribution is -0.746. The number of hydrogen-bond acceptors (Lipinski definition) is 19. The van der Waals surface area contributed by atoms with E-state index < -0.39 is 96.9 Å². The van der Waals surface area contributed by atoms with Crippen molar-refractivity contribution in [1.29, 1.82) is 0 Å². The molecular formula is C23H35N10O18P3+2. The van der Waals surface area contributed by atoms with Gasteiger partial charge in [-0.2, -0.15) is 8.62 Å². The fourth-order valence-electron chi connectivity index (χ4n) is 6.00. The predicted molar refractivity (Wildman–Crippen MR) is 172 cm³/mol. The molecule has 31 heteroatoms. The summed E-state index contributed by atoms with van der Waals surface area (Å²) in [6.07, 6.45) is -9.37. The minimum Gasteiger partial charge on any atom is -0.387 e. The standard InChI is InChI=1S/C23H33N10O18P3/c1-30-6-32(16-10(30)18(37)28-22(24)26-16)20-14(36)12(34)8(48-20)4-46-52(39,40)50-54(43,44)51-53(41,42)47-5-9-13(35)15(45-3)21(49-9)33-7-31(2)11-17(33)27-23(25)29-19(11)38/h6-9,12-15,20-21,34-36H,4-5H2,1-3H3,(H7-2,24,25,26,27,28,29,37,38,39,40,41,42,43,44)/p+2/t8-,9-,12-,13-,14-,15-,20-,21-/m1/s1. The van der Waals surface area contributed by atoms with Gasteiger partial charge in [0.2, 0.25) is 23.5 Å². The van der Waals surface area contributed by atoms with Crippen molar-refractivity contribution in [3.63, 3.8) is 0 Å². The second-order valence-electron chi connectivity index (χ2n) is 12.0. The summed E-state index contributed by atoms with van der Waals surface area (Å²) in [5.74, 6) is -0.506. The molecule has 2 fully saturated rings. The first-order chi connectivity index (χ1) is 25.1. The highest BCUT2D eigenvalue weighted by atomic mass is 31.3. The Morgan fingerprint density at radius 2 is 1.19 bits per heavy atom. The molecule has 0 aliphatic carbocycles. The van der Waals surface area contributed by atoms with E-state index >= 15 is 0 Å². The van der Waals surface area contributed by atoms with Crippen LogP contribution in [0.4, 0.5) is 11.9 Å². The summed E-state index contributed by atoms with van der Waals surface area (Å²) in [6, 6.07) is 0. The molecule has 0 spiro atoms. The van der Waals surface area contributed by atoms with Crippen molar-refractivity contribution in [2.75, 3.05) is 31.8 Å². The molecule has 298 valence electrons. The average molecular weight is 833 g/mol. The first kappa shape index (κ1) is 40.1. The Morgan fingerprint density at radius 1 is 0.759 bits per heavy atom. The van der Waals surface area contributed by atoms with Crippen molar-refractivity contribution in [3.05, 3.63) is 33.4 Å². The van der Waals surface area contributed by atoms with Crippen LogP contribution < -0.4 is 31.7 Å². The lowest BCUT2D eigenvalue weighted by Crippen LogP contribution is -2.47. The molecule has 4 aromatic rings. The van der Waals surface area contributed by atoms with Crippen molar-refractivity contribution in [2.45, 2.75) is 49.1 Å². The molecule has 0 amide bonds. The van der Waals surface area contributed by atoms with Crippen LogP contribution in [0.1, 0.15) is 12.5 Å². The van der Waals surface area contributed by atoms with Gasteiger partial charge in [0, 0.05) is 7.11 Å². The van der Waals surface area contributed by atoms with Crippen LogP contribution >= 0.6 is 23.5 Å². The number of aliphatic hydroxyl groups is 3. The van der Waals surface area contributed by atoms with E-state index in [0.29, 0.717) is 0 Å². The molecule has 0 saturated carbocycles. The molecule has 6 rings (SSSR count). The Labute approximate surface area is 299 Å². The molecule has 2 saturated heterocycles. The molecule has 12 N–H and O–H groups in total. The molecule has 0 radical (unpaired) electrons. The van der Waals surface area contributed by atoms with Crippen molar-refractivity contribution >= 4 is 57.7 Å². The number of methoxy groups -OCH3 is 1. The number of hydrogen-bond donors (Lipinski definition) is 10. The van der Waals surface area contributed by atoms with Gasteiger partial charge < -0.3 is 55.7 Å². The number of H-pyrrole nitrogens is 2. The molecule has 6 heterocycles. The van der Waals surface area contributed by atoms with Crippen molar-refractivity contribution in [3.8, 4) is 0 Å². The van der Waals surface area contributed by atoms with Crippen LogP contribution in [0.25, 0.3) is 22.3 Å². The number of aryl methyl sites for hydroxylation is 2. The van der Waals surface area contributed by atoms with Crippen LogP contribution in [0.2, 0.25) is 0 Å². The van der Waals surface area contributed by atoms with Gasteiger partial charge in [-0.3, -0.25) is 37.7 Å². The maximum atomic E-state index is 12.6. The Kier molecular flexibility index (Phi) is 10.8. The third kappa shape index (κ3) is 7.78. The van der Waals surface area contributed by atoms with Gasteiger partial charge in [-0.1, -0.05) is 9.97 Å². The summed E-state index contributed by atoms with van der Waals surface area (Å²) in [4.78, 5) is 67.8. The minimum atomic E-state index is -5.98. The van der Waals surface area contributed by atoms with E-state index in [2.05, 4.69) is 33.1 Å². The number of anilines is 2. The second kappa shape index (κ2) is 14.5. The normalized spacial score (nSPS) is 29.4. The number of aliphatic hydroxyl groups excluding tert-OH is 3. The van der Waals surface area contributed by atoms with Crippen LogP contribution in [-0.2, 0) is 59.7 Å². The number of ether oxygens (including phenoxy) is 3. The minimum absolute atomic E-state index is 0.0175. The summed E-state index contributed by atoms with van der Waals surface area (Å²) >= 11 is 0. The Balaban J connectivity index is 1.06. The zero-order valence-corrected chi connectivity index (χ0v) is 30.6. The summed E-state index contributed by atoms with van der Waals surface area (Å²) < 4.78 is 77.1. The monoisotopic (exact) mass is 832 g/mol. The molecule has 28 nitrogen and oxygen atoms in total. The van der Waals surface area contributed by atoms with E-state index in [4.69, 9.17) is 30.2 Å². The van der Waals surface area contributed by atoms with Crippen LogP contribution in [0, 0.1) is 0 Å². The third-order valence-electron chi connectivity index (χ3n) is 8.27. The lowest BCUT2D eigenvalue weighted by Gasteiger charge is -2.21. The van der Waals surface area contributed by atoms with Crippen molar-refractivity contribution in [1.82, 2.24) is 29.1 Å². The molecule has 2 aliphatic rings. The second-order valence-corrected chi connectivity index (χ2v) is 16.6. The fourth-order valence-corrected chi connectivity index (χ4v) is 9.52. The van der Waals surface area contributed by atoms with E-state index in [1.54, 1.807) is 0 Å². The summed E-state index contributed by atoms with van der Waals surface area (Å²) in [5, 5.41) is 32.0. The topological polar surface area (TPSA) is 398 Å². The molecular weight excluding hydrogens is 797 g/mol. The smallest absolute Gasteiger partial charge is 0.387 e. The van der Waals surface area contributed by atoms with Gasteiger partial charge in [0.1, 0.15) is 36.6 Å². The lowest BCUT2D eigenvalue weighted by atomic mass is 10.1. The van der Waals surface area contributed by atoms with Crippen LogP contribution in [0.3, 0.4) is 0 Å². The zero-order valence-electron chi connectivity index (χ0n) is 27.9. The number of rotatable bonds is 13. The highest BCUT2D eigenvalue weighted by molar-refractivity contribution is 7.66. The molecule has 11 atom stereocenters. The number of phosphoric ester groups is 2. The number of nitrogens with two attached hydrogens (primary N) is 2. The van der Waals surface area contributed by atoms with Gasteiger partial charge in [-0.05, 0) is 0 Å². The Hall–Kier alpha value is -3.53. The number of nitrogen functional groups attached to an aromatic ring is 2. The third-order valence-corrected chi connectivity index (χ3v) is 12.5. The van der Waals surface area contributed by atoms with E-state index in [-0.39, 0.29) is 34.2 Å². The zero-order chi connectivity index (χ0) is 39.7. The molecule has 0 bridgehead atoms. The number of aromatic amines is 2.